The molecule has 0 heterocycles. The Bertz CT molecular complexity index is 355. The van der Waals surface area contributed by atoms with Crippen LogP contribution in [0.15, 0.2) is 42.5 Å². The summed E-state index contributed by atoms with van der Waals surface area (Å²) in [4.78, 5) is 21.7. The molecular weight excluding hydrogens is 178 g/mol. The number of carbonyl (C=O) groups excluding carboxylic acids is 2. The summed E-state index contributed by atoms with van der Waals surface area (Å²) in [5.74, 6) is -0.445. The van der Waals surface area contributed by atoms with Gasteiger partial charge in [0.2, 0.25) is 5.91 Å². The minimum Gasteiger partial charge on any atom is -0.323 e. The van der Waals surface area contributed by atoms with Crippen LogP contribution in [0, 0.1) is 0 Å². The number of hydrogen-bond donors (Lipinski definition) is 1. The number of ketones is 1. The maximum atomic E-state index is 11.2. The van der Waals surface area contributed by atoms with Crippen LogP contribution in [0.1, 0.15) is 6.92 Å². The quantitative estimate of drug-likeness (QED) is 0.736. The van der Waals surface area contributed by atoms with Crippen LogP contribution in [0.5, 0.6) is 0 Å². The van der Waals surface area contributed by atoms with E-state index in [-0.39, 0.29) is 11.7 Å². The van der Waals surface area contributed by atoms with Crippen LogP contribution in [0.4, 0.5) is 5.69 Å². The van der Waals surface area contributed by atoms with E-state index in [9.17, 15) is 9.59 Å². The molecule has 0 aliphatic heterocycles. The summed E-state index contributed by atoms with van der Waals surface area (Å²) in [6.45, 7) is 1.40. The zero-order valence-corrected chi connectivity index (χ0v) is 7.86. The molecule has 0 spiro atoms. The monoisotopic (exact) mass is 189 g/mol. The minimum atomic E-state index is -0.300. The molecule has 72 valence electrons. The van der Waals surface area contributed by atoms with Crippen LogP contribution >= 0.6 is 0 Å². The van der Waals surface area contributed by atoms with E-state index in [4.69, 9.17) is 0 Å². The maximum Gasteiger partial charge on any atom is 0.248 e. The predicted molar refractivity (Wildman–Crippen MR) is 54.9 cm³/mol. The molecule has 0 saturated heterocycles. The number of nitrogens with one attached hydrogen (secondary N) is 1. The van der Waals surface area contributed by atoms with Crippen LogP contribution in [-0.4, -0.2) is 11.7 Å². The van der Waals surface area contributed by atoms with Gasteiger partial charge in [-0.25, -0.2) is 0 Å². The Morgan fingerprint density at radius 1 is 1.14 bits per heavy atom. The summed E-state index contributed by atoms with van der Waals surface area (Å²) in [5.41, 5.74) is 0.714. The lowest BCUT2D eigenvalue weighted by molar-refractivity contribution is -0.114. The van der Waals surface area contributed by atoms with E-state index in [0.717, 1.165) is 0 Å². The number of benzene rings is 1. The molecule has 1 aromatic rings. The molecule has 0 bridgehead atoms. The van der Waals surface area contributed by atoms with Gasteiger partial charge >= 0.3 is 0 Å². The molecule has 0 aromatic heterocycles. The largest absolute Gasteiger partial charge is 0.323 e. The van der Waals surface area contributed by atoms with Crippen molar-refractivity contribution in [3.63, 3.8) is 0 Å². The molecule has 0 unspecified atom stereocenters. The summed E-state index contributed by atoms with van der Waals surface area (Å²) in [7, 11) is 0. The molecule has 0 saturated carbocycles. The Balaban J connectivity index is 2.54. The highest BCUT2D eigenvalue weighted by Crippen LogP contribution is 2.04. The summed E-state index contributed by atoms with van der Waals surface area (Å²) in [6.07, 6.45) is 2.45. The van der Waals surface area contributed by atoms with Crippen molar-refractivity contribution >= 4 is 17.4 Å². The van der Waals surface area contributed by atoms with E-state index >= 15 is 0 Å². The third-order valence-corrected chi connectivity index (χ3v) is 1.51. The Morgan fingerprint density at radius 2 is 1.79 bits per heavy atom. The fourth-order valence-corrected chi connectivity index (χ4v) is 0.898. The van der Waals surface area contributed by atoms with Crippen molar-refractivity contribution < 1.29 is 9.59 Å². The molecule has 0 atom stereocenters. The second-order valence-corrected chi connectivity index (χ2v) is 2.80. The van der Waals surface area contributed by atoms with Gasteiger partial charge in [0.15, 0.2) is 5.78 Å². The molecule has 14 heavy (non-hydrogen) atoms. The summed E-state index contributed by atoms with van der Waals surface area (Å²) in [6, 6.07) is 9.06. The topological polar surface area (TPSA) is 46.2 Å². The van der Waals surface area contributed by atoms with Crippen molar-refractivity contribution in [2.45, 2.75) is 6.92 Å². The first-order chi connectivity index (χ1) is 6.68. The lowest BCUT2D eigenvalue weighted by atomic mass is 10.3. The highest BCUT2D eigenvalue weighted by atomic mass is 16.1. The van der Waals surface area contributed by atoms with Gasteiger partial charge in [-0.2, -0.15) is 0 Å². The number of carbonyl (C=O) groups is 2. The first-order valence-corrected chi connectivity index (χ1v) is 4.23. The van der Waals surface area contributed by atoms with E-state index < -0.39 is 0 Å². The fraction of sp³-hybridized carbons (Fsp3) is 0.0909. The van der Waals surface area contributed by atoms with E-state index in [1.54, 1.807) is 12.1 Å². The number of para-hydroxylation sites is 1. The van der Waals surface area contributed by atoms with Gasteiger partial charge in [0.1, 0.15) is 0 Å². The Labute approximate surface area is 82.4 Å². The number of anilines is 1. The number of allylic oxidation sites excluding steroid dienone is 1. The Hall–Kier alpha value is -1.90. The van der Waals surface area contributed by atoms with Gasteiger partial charge in [0, 0.05) is 11.8 Å². The van der Waals surface area contributed by atoms with Crippen LogP contribution in [0.3, 0.4) is 0 Å². The Morgan fingerprint density at radius 3 is 2.36 bits per heavy atom. The molecule has 3 nitrogen and oxygen atoms in total. The first-order valence-electron chi connectivity index (χ1n) is 4.23. The molecule has 1 amide bonds. The van der Waals surface area contributed by atoms with E-state index in [1.807, 2.05) is 18.2 Å². The molecular formula is C11H11NO2. The number of rotatable bonds is 3. The molecule has 0 fully saturated rings. The van der Waals surface area contributed by atoms with Gasteiger partial charge in [-0.05, 0) is 25.1 Å². The van der Waals surface area contributed by atoms with E-state index in [1.165, 1.54) is 19.1 Å². The fourth-order valence-electron chi connectivity index (χ4n) is 0.898. The van der Waals surface area contributed by atoms with Crippen molar-refractivity contribution in [1.29, 1.82) is 0 Å². The summed E-state index contributed by atoms with van der Waals surface area (Å²) >= 11 is 0. The third kappa shape index (κ3) is 3.67. The zero-order valence-electron chi connectivity index (χ0n) is 7.86. The molecule has 0 radical (unpaired) electrons. The second kappa shape index (κ2) is 4.97. The Kier molecular flexibility index (Phi) is 3.61. The summed E-state index contributed by atoms with van der Waals surface area (Å²) in [5, 5.41) is 2.62. The smallest absolute Gasteiger partial charge is 0.248 e. The normalized spacial score (nSPS) is 10.1. The average Bonchev–Trinajstić information content (AvgIpc) is 2.16. The molecule has 1 rings (SSSR count). The number of amides is 1. The zero-order chi connectivity index (χ0) is 10.4. The van der Waals surface area contributed by atoms with Gasteiger partial charge < -0.3 is 5.32 Å². The van der Waals surface area contributed by atoms with Crippen molar-refractivity contribution in [2.75, 3.05) is 5.32 Å². The van der Waals surface area contributed by atoms with E-state index in [0.29, 0.717) is 5.69 Å². The van der Waals surface area contributed by atoms with Crippen molar-refractivity contribution in [3.8, 4) is 0 Å². The number of hydrogen-bond acceptors (Lipinski definition) is 2. The van der Waals surface area contributed by atoms with Crippen LogP contribution in [-0.2, 0) is 9.59 Å². The van der Waals surface area contributed by atoms with Gasteiger partial charge in [-0.15, -0.1) is 0 Å². The molecule has 0 aliphatic carbocycles. The van der Waals surface area contributed by atoms with Crippen LogP contribution in [0.25, 0.3) is 0 Å². The lowest BCUT2D eigenvalue weighted by Crippen LogP contribution is -2.07. The van der Waals surface area contributed by atoms with Gasteiger partial charge in [-0.3, -0.25) is 9.59 Å². The van der Waals surface area contributed by atoms with Gasteiger partial charge in [0.05, 0.1) is 0 Å². The standard InChI is InChI=1S/C11H11NO2/c1-9(13)7-8-11(14)12-10-5-3-2-4-6-10/h2-8H,1H3,(H,12,14)/b8-7+. The lowest BCUT2D eigenvalue weighted by Gasteiger charge is -1.99. The van der Waals surface area contributed by atoms with Crippen molar-refractivity contribution in [2.24, 2.45) is 0 Å². The van der Waals surface area contributed by atoms with Crippen molar-refractivity contribution in [1.82, 2.24) is 0 Å². The van der Waals surface area contributed by atoms with Crippen LogP contribution < -0.4 is 5.32 Å². The highest BCUT2D eigenvalue weighted by molar-refractivity contribution is 6.03. The molecule has 1 N–H and O–H groups in total. The van der Waals surface area contributed by atoms with Gasteiger partial charge in [0.25, 0.3) is 0 Å². The van der Waals surface area contributed by atoms with E-state index in [2.05, 4.69) is 5.32 Å². The second-order valence-electron chi connectivity index (χ2n) is 2.80. The predicted octanol–water partition coefficient (Wildman–Crippen LogP) is 1.77. The molecule has 0 aliphatic rings. The SMILES string of the molecule is CC(=O)/C=C/C(=O)Nc1ccccc1. The minimum absolute atomic E-state index is 0.145. The third-order valence-electron chi connectivity index (χ3n) is 1.51. The molecule has 3 heteroatoms. The average molecular weight is 189 g/mol. The van der Waals surface area contributed by atoms with Gasteiger partial charge in [-0.1, -0.05) is 18.2 Å². The molecule has 1 aromatic carbocycles. The first kappa shape index (κ1) is 10.2. The summed E-state index contributed by atoms with van der Waals surface area (Å²) < 4.78 is 0. The maximum absolute atomic E-state index is 11.2. The van der Waals surface area contributed by atoms with Crippen molar-refractivity contribution in [3.05, 3.63) is 42.5 Å². The highest BCUT2D eigenvalue weighted by Gasteiger charge is 1.95. The van der Waals surface area contributed by atoms with Crippen LogP contribution in [0.2, 0.25) is 0 Å².